The zero-order valence-electron chi connectivity index (χ0n) is 10.5. The molecule has 1 aliphatic carbocycles. The minimum absolute atomic E-state index is 0.0679. The lowest BCUT2D eigenvalue weighted by atomic mass is 9.99. The number of rotatable bonds is 7. The van der Waals surface area contributed by atoms with Crippen molar-refractivity contribution in [1.29, 1.82) is 0 Å². The van der Waals surface area contributed by atoms with Crippen LogP contribution < -0.4 is 10.6 Å². The summed E-state index contributed by atoms with van der Waals surface area (Å²) in [5.74, 6) is -0.279. The van der Waals surface area contributed by atoms with E-state index in [0.717, 1.165) is 18.8 Å². The Kier molecular flexibility index (Phi) is 5.25. The molecule has 17 heavy (non-hydrogen) atoms. The van der Waals surface area contributed by atoms with Crippen LogP contribution in [0.15, 0.2) is 0 Å². The summed E-state index contributed by atoms with van der Waals surface area (Å²) in [6, 6.07) is -1.18. The van der Waals surface area contributed by atoms with Gasteiger partial charge in [-0.2, -0.15) is 0 Å². The van der Waals surface area contributed by atoms with Crippen LogP contribution >= 0.6 is 0 Å². The van der Waals surface area contributed by atoms with Crippen molar-refractivity contribution in [3.63, 3.8) is 0 Å². The maximum Gasteiger partial charge on any atom is 0.326 e. The molecule has 5 nitrogen and oxygen atoms in total. The highest BCUT2D eigenvalue weighted by Crippen LogP contribution is 2.31. The smallest absolute Gasteiger partial charge is 0.326 e. The molecule has 3 N–H and O–H groups in total. The van der Waals surface area contributed by atoms with Gasteiger partial charge in [-0.1, -0.05) is 33.1 Å². The van der Waals surface area contributed by atoms with E-state index in [-0.39, 0.29) is 11.9 Å². The molecule has 0 radical (unpaired) electrons. The number of carbonyl (C=O) groups excluding carboxylic acids is 1. The number of urea groups is 1. The van der Waals surface area contributed by atoms with Gasteiger partial charge < -0.3 is 15.7 Å². The highest BCUT2D eigenvalue weighted by molar-refractivity contribution is 5.82. The first kappa shape index (κ1) is 13.8. The summed E-state index contributed by atoms with van der Waals surface area (Å²) in [6.45, 7) is 4.36. The Morgan fingerprint density at radius 1 is 1.41 bits per heavy atom. The second-order valence-electron chi connectivity index (χ2n) is 4.83. The minimum Gasteiger partial charge on any atom is -0.480 e. The van der Waals surface area contributed by atoms with Gasteiger partial charge in [-0.25, -0.2) is 9.59 Å². The van der Waals surface area contributed by atoms with Crippen LogP contribution in [0.2, 0.25) is 0 Å². The number of hydrogen-bond donors (Lipinski definition) is 3. The maximum absolute atomic E-state index is 11.5. The first-order chi connectivity index (χ1) is 8.04. The molecule has 1 unspecified atom stereocenters. The third-order valence-corrected chi connectivity index (χ3v) is 3.30. The summed E-state index contributed by atoms with van der Waals surface area (Å²) in [5.41, 5.74) is 0. The number of carboxylic acid groups (broad SMARTS) is 1. The van der Waals surface area contributed by atoms with Gasteiger partial charge in [0, 0.05) is 6.54 Å². The third-order valence-electron chi connectivity index (χ3n) is 3.30. The van der Waals surface area contributed by atoms with Gasteiger partial charge >= 0.3 is 12.0 Å². The molecule has 2 amide bonds. The average molecular weight is 242 g/mol. The molecule has 5 heteroatoms. The molecule has 1 rings (SSSR count). The molecule has 1 aliphatic rings. The Morgan fingerprint density at radius 2 is 2.06 bits per heavy atom. The first-order valence-corrected chi connectivity index (χ1v) is 6.31. The summed E-state index contributed by atoms with van der Waals surface area (Å²) in [5, 5.41) is 14.2. The molecule has 0 heterocycles. The van der Waals surface area contributed by atoms with Crippen LogP contribution in [0.4, 0.5) is 4.79 Å². The van der Waals surface area contributed by atoms with Crippen LogP contribution in [0.3, 0.4) is 0 Å². The van der Waals surface area contributed by atoms with Gasteiger partial charge in [-0.3, -0.25) is 0 Å². The van der Waals surface area contributed by atoms with Crippen LogP contribution in [-0.4, -0.2) is 29.7 Å². The van der Waals surface area contributed by atoms with Crippen molar-refractivity contribution in [3.05, 3.63) is 0 Å². The predicted molar refractivity (Wildman–Crippen MR) is 64.8 cm³/mol. The third kappa shape index (κ3) is 5.06. The lowest BCUT2D eigenvalue weighted by Crippen LogP contribution is -2.49. The number of nitrogens with one attached hydrogen (secondary N) is 2. The van der Waals surface area contributed by atoms with Crippen molar-refractivity contribution in [1.82, 2.24) is 10.6 Å². The van der Waals surface area contributed by atoms with E-state index in [1.807, 2.05) is 13.8 Å². The molecule has 0 aromatic rings. The van der Waals surface area contributed by atoms with Gasteiger partial charge in [-0.15, -0.1) is 0 Å². The van der Waals surface area contributed by atoms with Crippen molar-refractivity contribution in [2.45, 2.75) is 45.6 Å². The van der Waals surface area contributed by atoms with Crippen molar-refractivity contribution in [2.75, 3.05) is 6.54 Å². The molecule has 0 saturated heterocycles. The number of amides is 2. The fraction of sp³-hybridized carbons (Fsp3) is 0.833. The van der Waals surface area contributed by atoms with E-state index in [1.165, 1.54) is 12.8 Å². The van der Waals surface area contributed by atoms with E-state index in [2.05, 4.69) is 10.6 Å². The zero-order chi connectivity index (χ0) is 12.8. The van der Waals surface area contributed by atoms with Crippen LogP contribution in [0.1, 0.15) is 39.5 Å². The van der Waals surface area contributed by atoms with Crippen LogP contribution in [0.25, 0.3) is 0 Å². The molecule has 2 atom stereocenters. The van der Waals surface area contributed by atoms with Gasteiger partial charge in [-0.05, 0) is 18.3 Å². The van der Waals surface area contributed by atoms with E-state index in [9.17, 15) is 9.59 Å². The first-order valence-electron chi connectivity index (χ1n) is 6.31. The maximum atomic E-state index is 11.5. The fourth-order valence-corrected chi connectivity index (χ4v) is 1.67. The number of carbonyl (C=O) groups is 2. The SMILES string of the molecule is CCC(C)[C@H](NC(=O)NCCC1CC1)C(=O)O. The van der Waals surface area contributed by atoms with Crippen LogP contribution in [0, 0.1) is 11.8 Å². The lowest BCUT2D eigenvalue weighted by Gasteiger charge is -2.20. The predicted octanol–water partition coefficient (Wildman–Crippen LogP) is 1.59. The van der Waals surface area contributed by atoms with Crippen LogP contribution in [0.5, 0.6) is 0 Å². The van der Waals surface area contributed by atoms with Gasteiger partial charge in [0.25, 0.3) is 0 Å². The van der Waals surface area contributed by atoms with E-state index >= 15 is 0 Å². The van der Waals surface area contributed by atoms with E-state index < -0.39 is 12.0 Å². The zero-order valence-corrected chi connectivity index (χ0v) is 10.5. The minimum atomic E-state index is -0.975. The van der Waals surface area contributed by atoms with Crippen molar-refractivity contribution < 1.29 is 14.7 Å². The molecule has 0 bridgehead atoms. The monoisotopic (exact) mass is 242 g/mol. The van der Waals surface area contributed by atoms with Gasteiger partial charge in [0.15, 0.2) is 0 Å². The molecule has 0 aromatic carbocycles. The second kappa shape index (κ2) is 6.47. The average Bonchev–Trinajstić information content (AvgIpc) is 3.08. The molecule has 98 valence electrons. The summed E-state index contributed by atoms with van der Waals surface area (Å²) >= 11 is 0. The number of aliphatic carboxylic acids is 1. The fourth-order valence-electron chi connectivity index (χ4n) is 1.67. The number of carboxylic acids is 1. The highest BCUT2D eigenvalue weighted by Gasteiger charge is 2.25. The summed E-state index contributed by atoms with van der Waals surface area (Å²) in [7, 11) is 0. The van der Waals surface area contributed by atoms with Crippen LogP contribution in [-0.2, 0) is 4.79 Å². The Balaban J connectivity index is 2.26. The second-order valence-corrected chi connectivity index (χ2v) is 4.83. The molecular formula is C12H22N2O3. The van der Waals surface area contributed by atoms with Gasteiger partial charge in [0.05, 0.1) is 0 Å². The Bertz CT molecular complexity index is 277. The Hall–Kier alpha value is -1.26. The van der Waals surface area contributed by atoms with Crippen molar-refractivity contribution >= 4 is 12.0 Å². The molecular weight excluding hydrogens is 220 g/mol. The molecule has 1 fully saturated rings. The molecule has 0 aromatic heterocycles. The van der Waals surface area contributed by atoms with Gasteiger partial charge in [0.2, 0.25) is 0 Å². The van der Waals surface area contributed by atoms with E-state index in [4.69, 9.17) is 5.11 Å². The van der Waals surface area contributed by atoms with Crippen molar-refractivity contribution in [3.8, 4) is 0 Å². The number of hydrogen-bond acceptors (Lipinski definition) is 2. The summed E-state index contributed by atoms with van der Waals surface area (Å²) in [4.78, 5) is 22.5. The Labute approximate surface area is 102 Å². The topological polar surface area (TPSA) is 78.4 Å². The normalized spacial score (nSPS) is 18.2. The molecule has 0 spiro atoms. The largest absolute Gasteiger partial charge is 0.480 e. The summed E-state index contributed by atoms with van der Waals surface area (Å²) < 4.78 is 0. The highest BCUT2D eigenvalue weighted by atomic mass is 16.4. The van der Waals surface area contributed by atoms with E-state index in [0.29, 0.717) is 6.54 Å². The standard InChI is InChI=1S/C12H22N2O3/c1-3-8(2)10(11(15)16)14-12(17)13-7-6-9-4-5-9/h8-10H,3-7H2,1-2H3,(H,15,16)(H2,13,14,17)/t8?,10-/m0/s1. The van der Waals surface area contributed by atoms with Gasteiger partial charge in [0.1, 0.15) is 6.04 Å². The lowest BCUT2D eigenvalue weighted by molar-refractivity contribution is -0.140. The van der Waals surface area contributed by atoms with Crippen molar-refractivity contribution in [2.24, 2.45) is 11.8 Å². The Morgan fingerprint density at radius 3 is 2.53 bits per heavy atom. The summed E-state index contributed by atoms with van der Waals surface area (Å²) in [6.07, 6.45) is 4.23. The molecule has 1 saturated carbocycles. The molecule has 0 aliphatic heterocycles. The van der Waals surface area contributed by atoms with E-state index in [1.54, 1.807) is 0 Å². The quantitative estimate of drug-likeness (QED) is 0.634.